The molecule has 0 bridgehead atoms. The maximum absolute atomic E-state index is 6.06. The second kappa shape index (κ2) is 6.27. The Labute approximate surface area is 133 Å². The van der Waals surface area contributed by atoms with Gasteiger partial charge in [0.15, 0.2) is 5.82 Å². The molecule has 2 aromatic heterocycles. The lowest BCUT2D eigenvalue weighted by atomic mass is 10.2. The minimum Gasteiger partial charge on any atom is -0.312 e. The summed E-state index contributed by atoms with van der Waals surface area (Å²) in [6.07, 6.45) is 3.35. The van der Waals surface area contributed by atoms with Gasteiger partial charge < -0.3 is 4.57 Å². The predicted octanol–water partition coefficient (Wildman–Crippen LogP) is 2.74. The molecule has 0 unspecified atom stereocenters. The first-order chi connectivity index (χ1) is 10.6. The summed E-state index contributed by atoms with van der Waals surface area (Å²) >= 11 is 6.06. The Bertz CT molecular complexity index is 747. The maximum atomic E-state index is 6.06. The van der Waals surface area contributed by atoms with Gasteiger partial charge in [0.1, 0.15) is 18.5 Å². The van der Waals surface area contributed by atoms with Gasteiger partial charge in [-0.25, -0.2) is 9.67 Å². The van der Waals surface area contributed by atoms with E-state index in [9.17, 15) is 0 Å². The molecule has 6 nitrogen and oxygen atoms in total. The molecule has 114 valence electrons. The van der Waals surface area contributed by atoms with Crippen LogP contribution in [0.2, 0.25) is 5.02 Å². The second-order valence-electron chi connectivity index (χ2n) is 5.46. The normalized spacial score (nSPS) is 11.3. The van der Waals surface area contributed by atoms with Crippen molar-refractivity contribution in [3.05, 3.63) is 59.2 Å². The standard InChI is InChI=1S/C15H17ClN6/c1-11(2)15-19-14(8-21-9-17-18-10-21)22(20-15)7-12-4-3-5-13(16)6-12/h3-6,9-11H,7-8H2,1-2H3. The summed E-state index contributed by atoms with van der Waals surface area (Å²) in [6, 6.07) is 7.79. The number of halogens is 1. The minimum atomic E-state index is 0.278. The number of aromatic nitrogens is 6. The van der Waals surface area contributed by atoms with E-state index in [0.717, 1.165) is 22.2 Å². The van der Waals surface area contributed by atoms with Crippen LogP contribution in [0.15, 0.2) is 36.9 Å². The Morgan fingerprint density at radius 1 is 1.14 bits per heavy atom. The van der Waals surface area contributed by atoms with Gasteiger partial charge in [-0.2, -0.15) is 5.10 Å². The SMILES string of the molecule is CC(C)c1nc(Cn2cnnc2)n(Cc2cccc(Cl)c2)n1. The Hall–Kier alpha value is -2.21. The molecule has 0 atom stereocenters. The van der Waals surface area contributed by atoms with Crippen molar-refractivity contribution in [1.29, 1.82) is 0 Å². The van der Waals surface area contributed by atoms with Crippen LogP contribution in [0.25, 0.3) is 0 Å². The molecule has 0 aliphatic heterocycles. The van der Waals surface area contributed by atoms with E-state index >= 15 is 0 Å². The van der Waals surface area contributed by atoms with Crippen molar-refractivity contribution in [3.63, 3.8) is 0 Å². The minimum absolute atomic E-state index is 0.278. The molecule has 0 saturated heterocycles. The van der Waals surface area contributed by atoms with Crippen LogP contribution in [0.5, 0.6) is 0 Å². The van der Waals surface area contributed by atoms with E-state index in [1.165, 1.54) is 0 Å². The van der Waals surface area contributed by atoms with Crippen LogP contribution in [0.3, 0.4) is 0 Å². The van der Waals surface area contributed by atoms with Crippen molar-refractivity contribution in [2.75, 3.05) is 0 Å². The molecule has 7 heteroatoms. The van der Waals surface area contributed by atoms with E-state index in [0.29, 0.717) is 13.1 Å². The Morgan fingerprint density at radius 2 is 1.91 bits per heavy atom. The topological polar surface area (TPSA) is 61.4 Å². The Kier molecular flexibility index (Phi) is 4.20. The number of benzene rings is 1. The van der Waals surface area contributed by atoms with Gasteiger partial charge in [0.25, 0.3) is 0 Å². The zero-order chi connectivity index (χ0) is 15.5. The van der Waals surface area contributed by atoms with Crippen LogP contribution in [0, 0.1) is 0 Å². The molecule has 0 N–H and O–H groups in total. The highest BCUT2D eigenvalue weighted by atomic mass is 35.5. The van der Waals surface area contributed by atoms with Crippen LogP contribution >= 0.6 is 11.6 Å². The quantitative estimate of drug-likeness (QED) is 0.726. The van der Waals surface area contributed by atoms with Crippen LogP contribution < -0.4 is 0 Å². The third-order valence-corrected chi connectivity index (χ3v) is 3.53. The molecule has 0 aliphatic rings. The molecule has 0 spiro atoms. The fraction of sp³-hybridized carbons (Fsp3) is 0.333. The van der Waals surface area contributed by atoms with Gasteiger partial charge in [-0.15, -0.1) is 10.2 Å². The van der Waals surface area contributed by atoms with Crippen LogP contribution in [0.1, 0.15) is 37.0 Å². The molecule has 0 fully saturated rings. The van der Waals surface area contributed by atoms with Gasteiger partial charge in [0, 0.05) is 10.9 Å². The molecule has 22 heavy (non-hydrogen) atoms. The smallest absolute Gasteiger partial charge is 0.153 e. The van der Waals surface area contributed by atoms with Crippen molar-refractivity contribution >= 4 is 11.6 Å². The van der Waals surface area contributed by atoms with Crippen molar-refractivity contribution < 1.29 is 0 Å². The lowest BCUT2D eigenvalue weighted by Gasteiger charge is -2.06. The molecule has 3 rings (SSSR count). The molecular weight excluding hydrogens is 300 g/mol. The lowest BCUT2D eigenvalue weighted by Crippen LogP contribution is -2.10. The fourth-order valence-electron chi connectivity index (χ4n) is 2.16. The van der Waals surface area contributed by atoms with Gasteiger partial charge in [-0.3, -0.25) is 0 Å². The highest BCUT2D eigenvalue weighted by Gasteiger charge is 2.13. The van der Waals surface area contributed by atoms with Gasteiger partial charge in [0.2, 0.25) is 0 Å². The summed E-state index contributed by atoms with van der Waals surface area (Å²) in [6.45, 7) is 5.40. The highest BCUT2D eigenvalue weighted by Crippen LogP contribution is 2.15. The van der Waals surface area contributed by atoms with Crippen molar-refractivity contribution in [3.8, 4) is 0 Å². The van der Waals surface area contributed by atoms with Gasteiger partial charge in [-0.1, -0.05) is 37.6 Å². The Morgan fingerprint density at radius 3 is 2.59 bits per heavy atom. The van der Waals surface area contributed by atoms with Crippen molar-refractivity contribution in [2.24, 2.45) is 0 Å². The van der Waals surface area contributed by atoms with E-state index in [2.05, 4.69) is 34.1 Å². The van der Waals surface area contributed by atoms with E-state index in [4.69, 9.17) is 11.6 Å². The number of nitrogens with zero attached hydrogens (tertiary/aromatic N) is 6. The van der Waals surface area contributed by atoms with Crippen LogP contribution in [0.4, 0.5) is 0 Å². The molecule has 0 saturated carbocycles. The van der Waals surface area contributed by atoms with E-state index in [1.54, 1.807) is 12.7 Å². The third-order valence-electron chi connectivity index (χ3n) is 3.29. The fourth-order valence-corrected chi connectivity index (χ4v) is 2.37. The number of hydrogen-bond acceptors (Lipinski definition) is 4. The number of hydrogen-bond donors (Lipinski definition) is 0. The first-order valence-electron chi connectivity index (χ1n) is 7.12. The van der Waals surface area contributed by atoms with E-state index < -0.39 is 0 Å². The third kappa shape index (κ3) is 3.33. The van der Waals surface area contributed by atoms with Crippen molar-refractivity contribution in [2.45, 2.75) is 32.9 Å². The summed E-state index contributed by atoms with van der Waals surface area (Å²) in [5.41, 5.74) is 1.10. The lowest BCUT2D eigenvalue weighted by molar-refractivity contribution is 0.602. The molecular formula is C15H17ClN6. The summed E-state index contributed by atoms with van der Waals surface area (Å²) in [5.74, 6) is 1.99. The molecule has 2 heterocycles. The largest absolute Gasteiger partial charge is 0.312 e. The van der Waals surface area contributed by atoms with E-state index in [1.807, 2.05) is 33.5 Å². The monoisotopic (exact) mass is 316 g/mol. The highest BCUT2D eigenvalue weighted by molar-refractivity contribution is 6.30. The first-order valence-corrected chi connectivity index (χ1v) is 7.50. The van der Waals surface area contributed by atoms with Gasteiger partial charge in [0.05, 0.1) is 13.1 Å². The average molecular weight is 317 g/mol. The molecule has 0 radical (unpaired) electrons. The average Bonchev–Trinajstić information content (AvgIpc) is 3.10. The molecule has 0 aliphatic carbocycles. The molecule has 1 aromatic carbocycles. The zero-order valence-electron chi connectivity index (χ0n) is 12.5. The van der Waals surface area contributed by atoms with Crippen LogP contribution in [-0.2, 0) is 13.1 Å². The van der Waals surface area contributed by atoms with E-state index in [-0.39, 0.29) is 5.92 Å². The zero-order valence-corrected chi connectivity index (χ0v) is 13.3. The number of rotatable bonds is 5. The van der Waals surface area contributed by atoms with Gasteiger partial charge in [-0.05, 0) is 17.7 Å². The van der Waals surface area contributed by atoms with Crippen LogP contribution in [-0.4, -0.2) is 29.5 Å². The Balaban J connectivity index is 1.90. The maximum Gasteiger partial charge on any atom is 0.153 e. The second-order valence-corrected chi connectivity index (χ2v) is 5.90. The molecule has 3 aromatic rings. The first kappa shape index (κ1) is 14.7. The summed E-state index contributed by atoms with van der Waals surface area (Å²) in [5, 5.41) is 13.0. The van der Waals surface area contributed by atoms with Gasteiger partial charge >= 0.3 is 0 Å². The summed E-state index contributed by atoms with van der Waals surface area (Å²) < 4.78 is 3.80. The molecule has 0 amide bonds. The predicted molar refractivity (Wildman–Crippen MR) is 83.8 cm³/mol. The summed E-state index contributed by atoms with van der Waals surface area (Å²) in [4.78, 5) is 4.65. The summed E-state index contributed by atoms with van der Waals surface area (Å²) in [7, 11) is 0. The van der Waals surface area contributed by atoms with Crippen molar-refractivity contribution in [1.82, 2.24) is 29.5 Å².